The molecule has 0 fully saturated rings. The molecule has 0 saturated heterocycles. The Bertz CT molecular complexity index is 886. The van der Waals surface area contributed by atoms with Gasteiger partial charge in [0.25, 0.3) is 0 Å². The zero-order valence-electron chi connectivity index (χ0n) is 36.4. The number of carbonyl (C=O) groups is 4. The first-order chi connectivity index (χ1) is 25.9. The third kappa shape index (κ3) is 32.2. The fourth-order valence-electron chi connectivity index (χ4n) is 6.65. The van der Waals surface area contributed by atoms with E-state index >= 15 is 0 Å². The first-order valence-corrected chi connectivity index (χ1v) is 22.6. The number of rotatable bonds is 38. The summed E-state index contributed by atoms with van der Waals surface area (Å²) in [5.41, 5.74) is -2.12. The van der Waals surface area contributed by atoms with Crippen LogP contribution in [0.4, 0.5) is 0 Å². The van der Waals surface area contributed by atoms with Crippen LogP contribution in [-0.2, 0) is 38.1 Å². The Hall–Kier alpha value is -2.12. The Morgan fingerprint density at radius 3 is 1.02 bits per heavy atom. The highest BCUT2D eigenvalue weighted by Crippen LogP contribution is 2.27. The van der Waals surface area contributed by atoms with Gasteiger partial charge in [-0.2, -0.15) is 0 Å². The maximum atomic E-state index is 13.7. The predicted molar refractivity (Wildman–Crippen MR) is 221 cm³/mol. The van der Waals surface area contributed by atoms with Gasteiger partial charge in [0.15, 0.2) is 0 Å². The molecule has 0 radical (unpaired) electrons. The van der Waals surface area contributed by atoms with Crippen molar-refractivity contribution in [1.82, 2.24) is 0 Å². The van der Waals surface area contributed by atoms with Crippen molar-refractivity contribution in [1.29, 1.82) is 0 Å². The molecule has 0 bridgehead atoms. The van der Waals surface area contributed by atoms with Crippen LogP contribution < -0.4 is 0 Å². The Balaban J connectivity index is 5.20. The van der Waals surface area contributed by atoms with Gasteiger partial charge in [-0.25, -0.2) is 4.79 Å². The average Bonchev–Trinajstić information content (AvgIpc) is 3.10. The van der Waals surface area contributed by atoms with E-state index in [2.05, 4.69) is 41.5 Å². The third-order valence-corrected chi connectivity index (χ3v) is 10.0. The maximum Gasteiger partial charge on any atom is 0.351 e. The molecule has 0 aliphatic heterocycles. The van der Waals surface area contributed by atoms with E-state index in [-0.39, 0.29) is 26.2 Å². The second kappa shape index (κ2) is 35.3. The molecule has 0 saturated carbocycles. The van der Waals surface area contributed by atoms with E-state index in [0.717, 1.165) is 75.5 Å². The van der Waals surface area contributed by atoms with Crippen LogP contribution in [0, 0.1) is 17.8 Å². The minimum Gasteiger partial charge on any atom is -0.466 e. The molecule has 54 heavy (non-hydrogen) atoms. The third-order valence-electron chi connectivity index (χ3n) is 10.0. The quantitative estimate of drug-likeness (QED) is 0.0347. The van der Waals surface area contributed by atoms with Crippen molar-refractivity contribution < 1.29 is 38.1 Å². The van der Waals surface area contributed by atoms with Crippen LogP contribution >= 0.6 is 0 Å². The Labute approximate surface area is 332 Å². The van der Waals surface area contributed by atoms with Crippen molar-refractivity contribution in [2.75, 3.05) is 19.8 Å². The zero-order valence-corrected chi connectivity index (χ0v) is 36.4. The fraction of sp³-hybridized carbons (Fsp3) is 0.913. The van der Waals surface area contributed by atoms with Crippen molar-refractivity contribution >= 4 is 23.9 Å². The second-order valence-corrected chi connectivity index (χ2v) is 17.1. The topological polar surface area (TPSA) is 105 Å². The van der Waals surface area contributed by atoms with Gasteiger partial charge in [0.05, 0.1) is 32.7 Å². The van der Waals surface area contributed by atoms with Crippen LogP contribution in [0.5, 0.6) is 0 Å². The largest absolute Gasteiger partial charge is 0.466 e. The summed E-state index contributed by atoms with van der Waals surface area (Å²) in [7, 11) is 0. The summed E-state index contributed by atoms with van der Waals surface area (Å²) in [5, 5.41) is 0. The lowest BCUT2D eigenvalue weighted by molar-refractivity contribution is -0.191. The number of carbonyl (C=O) groups excluding carboxylic acids is 4. The summed E-state index contributed by atoms with van der Waals surface area (Å²) in [4.78, 5) is 53.0. The van der Waals surface area contributed by atoms with Crippen LogP contribution in [0.3, 0.4) is 0 Å². The van der Waals surface area contributed by atoms with Crippen molar-refractivity contribution in [3.05, 3.63) is 0 Å². The molecular weight excluding hydrogens is 680 g/mol. The predicted octanol–water partition coefficient (Wildman–Crippen LogP) is 12.8. The minimum atomic E-state index is -2.12. The molecule has 0 aromatic carbocycles. The molecule has 0 N–H and O–H groups in total. The minimum absolute atomic E-state index is 0.0469. The van der Waals surface area contributed by atoms with Crippen LogP contribution in [0.15, 0.2) is 0 Å². The van der Waals surface area contributed by atoms with Gasteiger partial charge in [0.2, 0.25) is 5.60 Å². The number of esters is 4. The van der Waals surface area contributed by atoms with Crippen molar-refractivity contribution in [3.8, 4) is 0 Å². The smallest absolute Gasteiger partial charge is 0.351 e. The van der Waals surface area contributed by atoms with E-state index in [4.69, 9.17) is 18.9 Å². The Kier molecular flexibility index (Phi) is 33.9. The van der Waals surface area contributed by atoms with Crippen LogP contribution in [0.2, 0.25) is 0 Å². The molecule has 8 nitrogen and oxygen atoms in total. The Morgan fingerprint density at radius 1 is 0.407 bits per heavy atom. The van der Waals surface area contributed by atoms with E-state index in [9.17, 15) is 19.2 Å². The molecule has 0 spiro atoms. The van der Waals surface area contributed by atoms with Crippen LogP contribution in [0.25, 0.3) is 0 Å². The lowest BCUT2D eigenvalue weighted by Gasteiger charge is -2.30. The number of unbranched alkanes of at least 4 members (excludes halogenated alkanes) is 18. The summed E-state index contributed by atoms with van der Waals surface area (Å²) < 4.78 is 22.4. The molecule has 0 rings (SSSR count). The van der Waals surface area contributed by atoms with E-state index < -0.39 is 42.3 Å². The van der Waals surface area contributed by atoms with E-state index in [1.807, 2.05) is 6.92 Å². The van der Waals surface area contributed by atoms with Gasteiger partial charge in [-0.15, -0.1) is 0 Å². The lowest BCUT2D eigenvalue weighted by Crippen LogP contribution is -2.48. The van der Waals surface area contributed by atoms with Gasteiger partial charge < -0.3 is 18.9 Å². The standard InChI is InChI=1S/C46H86O8/c1-8-30-42(47)54-46(45(50)53-36-29-23-17-11-14-20-26-33-41(6)7,37-43(48)51-34-27-21-15-9-12-18-24-31-39(2)3)38-44(49)52-35-28-22-16-10-13-19-25-32-40(4)5/h39-41H,8-38H2,1-7H3. The van der Waals surface area contributed by atoms with Gasteiger partial charge in [-0.05, 0) is 43.4 Å². The number of hydrogen-bond acceptors (Lipinski definition) is 8. The maximum absolute atomic E-state index is 13.7. The first-order valence-electron chi connectivity index (χ1n) is 22.6. The molecule has 0 aliphatic rings. The zero-order chi connectivity index (χ0) is 40.3. The summed E-state index contributed by atoms with van der Waals surface area (Å²) in [6.07, 6.45) is 25.9. The van der Waals surface area contributed by atoms with E-state index in [1.165, 1.54) is 77.0 Å². The van der Waals surface area contributed by atoms with Gasteiger partial charge in [-0.1, -0.05) is 183 Å². The number of hydrogen-bond donors (Lipinski definition) is 0. The van der Waals surface area contributed by atoms with Crippen molar-refractivity contribution in [2.24, 2.45) is 17.8 Å². The molecule has 8 heteroatoms. The highest BCUT2D eigenvalue weighted by atomic mass is 16.6. The fourth-order valence-corrected chi connectivity index (χ4v) is 6.65. The number of ether oxygens (including phenoxy) is 4. The molecule has 0 unspecified atom stereocenters. The van der Waals surface area contributed by atoms with E-state index in [1.54, 1.807) is 0 Å². The first kappa shape index (κ1) is 51.9. The molecule has 0 atom stereocenters. The highest BCUT2D eigenvalue weighted by Gasteiger charge is 2.49. The monoisotopic (exact) mass is 767 g/mol. The SMILES string of the molecule is CCCC(=O)OC(CC(=O)OCCCCCCCCCC(C)C)(CC(=O)OCCCCCCCCCC(C)C)C(=O)OCCCCCCCCCC(C)C. The molecule has 0 aliphatic carbocycles. The molecule has 0 aromatic rings. The Morgan fingerprint density at radius 2 is 0.704 bits per heavy atom. The van der Waals surface area contributed by atoms with Crippen LogP contribution in [-0.4, -0.2) is 49.3 Å². The molecule has 0 amide bonds. The lowest BCUT2D eigenvalue weighted by atomic mass is 9.94. The average molecular weight is 767 g/mol. The molecule has 0 heterocycles. The molecule has 318 valence electrons. The van der Waals surface area contributed by atoms with Gasteiger partial charge >= 0.3 is 23.9 Å². The van der Waals surface area contributed by atoms with Crippen molar-refractivity contribution in [2.45, 2.75) is 234 Å². The summed E-state index contributed by atoms with van der Waals surface area (Å²) in [5.74, 6) is -0.686. The second-order valence-electron chi connectivity index (χ2n) is 17.1. The molecular formula is C46H86O8. The van der Waals surface area contributed by atoms with Gasteiger partial charge in [0, 0.05) is 6.42 Å². The molecule has 0 aromatic heterocycles. The van der Waals surface area contributed by atoms with Gasteiger partial charge in [-0.3, -0.25) is 14.4 Å². The highest BCUT2D eigenvalue weighted by molar-refractivity contribution is 5.92. The van der Waals surface area contributed by atoms with Gasteiger partial charge in [0.1, 0.15) is 0 Å². The summed E-state index contributed by atoms with van der Waals surface area (Å²) in [6.45, 7) is 15.9. The van der Waals surface area contributed by atoms with Crippen LogP contribution in [0.1, 0.15) is 228 Å². The van der Waals surface area contributed by atoms with E-state index in [0.29, 0.717) is 25.7 Å². The van der Waals surface area contributed by atoms with Crippen molar-refractivity contribution in [3.63, 3.8) is 0 Å². The summed E-state index contributed by atoms with van der Waals surface area (Å²) >= 11 is 0. The summed E-state index contributed by atoms with van der Waals surface area (Å²) in [6, 6.07) is 0. The normalized spacial score (nSPS) is 11.7.